The van der Waals surface area contributed by atoms with Crippen molar-refractivity contribution in [1.29, 1.82) is 0 Å². The predicted molar refractivity (Wildman–Crippen MR) is 102 cm³/mol. The van der Waals surface area contributed by atoms with Crippen LogP contribution in [0.4, 0.5) is 0 Å². The molecule has 0 atom stereocenters. The van der Waals surface area contributed by atoms with Crippen molar-refractivity contribution in [2.45, 2.75) is 32.0 Å². The van der Waals surface area contributed by atoms with Crippen LogP contribution in [0.25, 0.3) is 10.8 Å². The second kappa shape index (κ2) is 7.51. The molecule has 1 fully saturated rings. The Balaban J connectivity index is 1.52. The number of rotatable bonds is 8. The summed E-state index contributed by atoms with van der Waals surface area (Å²) in [7, 11) is 3.39. The van der Waals surface area contributed by atoms with Crippen molar-refractivity contribution in [3.05, 3.63) is 53.2 Å². The number of aromatic nitrogens is 1. The molecule has 1 aliphatic carbocycles. The molecule has 5 nitrogen and oxygen atoms in total. The third-order valence-corrected chi connectivity index (χ3v) is 5.43. The average Bonchev–Trinajstić information content (AvgIpc) is 3.17. The van der Waals surface area contributed by atoms with Crippen LogP contribution in [0.5, 0.6) is 11.5 Å². The molecule has 3 aromatic rings. The van der Waals surface area contributed by atoms with Crippen molar-refractivity contribution < 1.29 is 13.9 Å². The molecule has 0 spiro atoms. The highest BCUT2D eigenvalue weighted by Crippen LogP contribution is 2.33. The maximum Gasteiger partial charge on any atom is 0.236 e. The van der Waals surface area contributed by atoms with Crippen LogP contribution in [0.15, 0.2) is 46.4 Å². The fourth-order valence-corrected chi connectivity index (χ4v) is 3.73. The van der Waals surface area contributed by atoms with E-state index in [1.165, 1.54) is 12.8 Å². The largest absolute Gasteiger partial charge is 0.497 e. The van der Waals surface area contributed by atoms with Crippen LogP contribution in [0.3, 0.4) is 0 Å². The van der Waals surface area contributed by atoms with E-state index in [4.69, 9.17) is 13.9 Å². The van der Waals surface area contributed by atoms with Gasteiger partial charge in [-0.25, -0.2) is 4.98 Å². The van der Waals surface area contributed by atoms with Gasteiger partial charge in [-0.2, -0.15) is 0 Å². The van der Waals surface area contributed by atoms with Crippen molar-refractivity contribution in [2.24, 2.45) is 0 Å². The second-order valence-corrected chi connectivity index (χ2v) is 7.38. The van der Waals surface area contributed by atoms with Crippen molar-refractivity contribution in [3.63, 3.8) is 0 Å². The zero-order valence-corrected chi connectivity index (χ0v) is 15.8. The van der Waals surface area contributed by atoms with Crippen molar-refractivity contribution in [3.8, 4) is 22.3 Å². The van der Waals surface area contributed by atoms with Gasteiger partial charge in [0.1, 0.15) is 17.8 Å². The Morgan fingerprint density at radius 2 is 2.08 bits per heavy atom. The Morgan fingerprint density at radius 1 is 1.19 bits per heavy atom. The molecule has 136 valence electrons. The molecule has 1 aliphatic rings. The quantitative estimate of drug-likeness (QED) is 0.581. The number of oxazole rings is 1. The highest BCUT2D eigenvalue weighted by atomic mass is 32.1. The van der Waals surface area contributed by atoms with Crippen LogP contribution < -0.4 is 9.47 Å². The van der Waals surface area contributed by atoms with E-state index >= 15 is 0 Å². The molecule has 1 saturated carbocycles. The molecule has 0 radical (unpaired) electrons. The fraction of sp³-hybridized carbons (Fsp3) is 0.350. The highest BCUT2D eigenvalue weighted by Gasteiger charge is 2.30. The molecule has 0 N–H and O–H groups in total. The Morgan fingerprint density at radius 3 is 2.77 bits per heavy atom. The van der Waals surface area contributed by atoms with Crippen LogP contribution in [0.1, 0.15) is 24.1 Å². The summed E-state index contributed by atoms with van der Waals surface area (Å²) >= 11 is 1.64. The van der Waals surface area contributed by atoms with Gasteiger partial charge in [-0.1, -0.05) is 6.07 Å². The summed E-state index contributed by atoms with van der Waals surface area (Å²) in [6, 6.07) is 10.6. The summed E-state index contributed by atoms with van der Waals surface area (Å²) in [5.74, 6) is 2.43. The number of methoxy groups -OCH3 is 2. The predicted octanol–water partition coefficient (Wildman–Crippen LogP) is 4.58. The molecular formula is C20H22N2O3S. The van der Waals surface area contributed by atoms with E-state index in [9.17, 15) is 0 Å². The summed E-state index contributed by atoms with van der Waals surface area (Å²) in [6.45, 7) is 1.56. The molecule has 0 saturated heterocycles. The molecule has 0 aliphatic heterocycles. The van der Waals surface area contributed by atoms with Crippen LogP contribution in [0.2, 0.25) is 0 Å². The molecule has 2 aromatic heterocycles. The van der Waals surface area contributed by atoms with E-state index in [-0.39, 0.29) is 0 Å². The summed E-state index contributed by atoms with van der Waals surface area (Å²) < 4.78 is 16.6. The van der Waals surface area contributed by atoms with Crippen LogP contribution in [0, 0.1) is 0 Å². The first-order valence-corrected chi connectivity index (χ1v) is 9.58. The molecular weight excluding hydrogens is 348 g/mol. The smallest absolute Gasteiger partial charge is 0.236 e. The summed E-state index contributed by atoms with van der Waals surface area (Å²) in [6.07, 6.45) is 4.22. The zero-order valence-electron chi connectivity index (χ0n) is 15.0. The molecule has 0 unspecified atom stereocenters. The van der Waals surface area contributed by atoms with Crippen molar-refractivity contribution >= 4 is 11.3 Å². The Labute approximate surface area is 157 Å². The van der Waals surface area contributed by atoms with Gasteiger partial charge in [0.15, 0.2) is 0 Å². The lowest BCUT2D eigenvalue weighted by molar-refractivity contribution is 0.238. The molecule has 2 heterocycles. The average molecular weight is 370 g/mol. The van der Waals surface area contributed by atoms with Crippen LogP contribution >= 0.6 is 11.3 Å². The van der Waals surface area contributed by atoms with Gasteiger partial charge in [0.2, 0.25) is 5.89 Å². The maximum atomic E-state index is 5.67. The third-order valence-electron chi connectivity index (χ3n) is 4.57. The summed E-state index contributed by atoms with van der Waals surface area (Å²) in [5.41, 5.74) is 2.09. The lowest BCUT2D eigenvalue weighted by atomic mass is 10.1. The number of hydrogen-bond donors (Lipinski definition) is 0. The number of thiophene rings is 1. The number of hydrogen-bond acceptors (Lipinski definition) is 6. The van der Waals surface area contributed by atoms with Gasteiger partial charge in [0.05, 0.1) is 24.8 Å². The number of benzene rings is 1. The van der Waals surface area contributed by atoms with E-state index in [1.807, 2.05) is 35.7 Å². The summed E-state index contributed by atoms with van der Waals surface area (Å²) in [4.78, 5) is 8.16. The molecule has 6 heteroatoms. The zero-order chi connectivity index (χ0) is 17.9. The normalized spacial score (nSPS) is 14.0. The van der Waals surface area contributed by atoms with Gasteiger partial charge in [0, 0.05) is 24.7 Å². The van der Waals surface area contributed by atoms with Gasteiger partial charge in [0.25, 0.3) is 0 Å². The maximum absolute atomic E-state index is 5.67. The minimum atomic E-state index is 0.591. The minimum Gasteiger partial charge on any atom is -0.497 e. The van der Waals surface area contributed by atoms with E-state index in [2.05, 4.69) is 9.88 Å². The Kier molecular flexibility index (Phi) is 4.95. The third kappa shape index (κ3) is 3.76. The molecule has 0 bridgehead atoms. The second-order valence-electron chi connectivity index (χ2n) is 6.44. The van der Waals surface area contributed by atoms with E-state index in [0.29, 0.717) is 11.9 Å². The SMILES string of the molecule is COc1ccc(OC)c(CN(Cc2coc(-c3cccs3)n2)C2CC2)c1. The number of ether oxygens (including phenoxy) is 2. The lowest BCUT2D eigenvalue weighted by Crippen LogP contribution is -2.25. The summed E-state index contributed by atoms with van der Waals surface area (Å²) in [5, 5.41) is 2.03. The molecule has 0 amide bonds. The fourth-order valence-electron chi connectivity index (χ4n) is 3.08. The monoisotopic (exact) mass is 370 g/mol. The lowest BCUT2D eigenvalue weighted by Gasteiger charge is -2.22. The first kappa shape index (κ1) is 17.1. The molecule has 26 heavy (non-hydrogen) atoms. The van der Waals surface area contributed by atoms with Crippen molar-refractivity contribution in [1.82, 2.24) is 9.88 Å². The van der Waals surface area contributed by atoms with E-state index in [0.717, 1.165) is 40.7 Å². The minimum absolute atomic E-state index is 0.591. The van der Waals surface area contributed by atoms with Gasteiger partial charge < -0.3 is 13.9 Å². The Hall–Kier alpha value is -2.31. The van der Waals surface area contributed by atoms with Crippen LogP contribution in [-0.4, -0.2) is 30.1 Å². The van der Waals surface area contributed by atoms with Gasteiger partial charge in [-0.3, -0.25) is 4.90 Å². The first-order valence-electron chi connectivity index (χ1n) is 8.70. The van der Waals surface area contributed by atoms with Gasteiger partial charge in [-0.15, -0.1) is 11.3 Å². The Bertz CT molecular complexity index is 856. The number of nitrogens with zero attached hydrogens (tertiary/aromatic N) is 2. The topological polar surface area (TPSA) is 47.7 Å². The van der Waals surface area contributed by atoms with E-state index in [1.54, 1.807) is 31.8 Å². The highest BCUT2D eigenvalue weighted by molar-refractivity contribution is 7.13. The standard InChI is InChI=1S/C20H22N2O3S/c1-23-17-7-8-18(24-2)14(10-17)11-22(16-5-6-16)12-15-13-25-20(21-15)19-4-3-9-26-19/h3-4,7-10,13,16H,5-6,11-12H2,1-2H3. The van der Waals surface area contributed by atoms with Gasteiger partial charge >= 0.3 is 0 Å². The first-order chi connectivity index (χ1) is 12.8. The molecule has 1 aromatic carbocycles. The molecule has 4 rings (SSSR count). The van der Waals surface area contributed by atoms with Crippen LogP contribution in [-0.2, 0) is 13.1 Å². The van der Waals surface area contributed by atoms with Crippen molar-refractivity contribution in [2.75, 3.05) is 14.2 Å². The van der Waals surface area contributed by atoms with E-state index < -0.39 is 0 Å². The van der Waals surface area contributed by atoms with Gasteiger partial charge in [-0.05, 0) is 42.5 Å².